The van der Waals surface area contributed by atoms with Crippen molar-refractivity contribution in [2.45, 2.75) is 13.2 Å². The van der Waals surface area contributed by atoms with Gasteiger partial charge in [-0.25, -0.2) is 4.39 Å². The molecule has 0 atom stereocenters. The zero-order valence-corrected chi connectivity index (χ0v) is 19.0. The molecule has 1 aliphatic rings. The van der Waals surface area contributed by atoms with Crippen LogP contribution >= 0.6 is 23.4 Å². The topological polar surface area (TPSA) is 89.7 Å². The van der Waals surface area contributed by atoms with Crippen molar-refractivity contribution < 1.29 is 23.6 Å². The molecule has 3 aromatic carbocycles. The second kappa shape index (κ2) is 10.1. The van der Waals surface area contributed by atoms with E-state index in [1.165, 1.54) is 18.2 Å². The fourth-order valence-electron chi connectivity index (χ4n) is 3.27. The number of imide groups is 1. The van der Waals surface area contributed by atoms with E-state index in [4.69, 9.17) is 16.3 Å². The van der Waals surface area contributed by atoms with E-state index in [1.54, 1.807) is 48.5 Å². The first-order chi connectivity index (χ1) is 16.3. The van der Waals surface area contributed by atoms with Crippen LogP contribution in [0.3, 0.4) is 0 Å². The van der Waals surface area contributed by atoms with Crippen LogP contribution in [0.15, 0.2) is 71.6 Å². The summed E-state index contributed by atoms with van der Waals surface area (Å²) in [5.41, 5.74) is 1.47. The van der Waals surface area contributed by atoms with E-state index in [2.05, 4.69) is 0 Å². The van der Waals surface area contributed by atoms with Crippen molar-refractivity contribution in [3.05, 3.63) is 109 Å². The number of ether oxygens (including phenoxy) is 1. The normalized spacial score (nSPS) is 14.6. The number of nitro benzene ring substituents is 1. The fraction of sp³-hybridized carbons (Fsp3) is 0.0833. The summed E-state index contributed by atoms with van der Waals surface area (Å²) in [5, 5.41) is 10.8. The summed E-state index contributed by atoms with van der Waals surface area (Å²) in [4.78, 5) is 37.2. The number of amides is 2. The van der Waals surface area contributed by atoms with E-state index in [-0.39, 0.29) is 28.8 Å². The summed E-state index contributed by atoms with van der Waals surface area (Å²) in [6.45, 7) is -0.0737. The predicted molar refractivity (Wildman–Crippen MR) is 127 cm³/mol. The van der Waals surface area contributed by atoms with Crippen LogP contribution in [-0.4, -0.2) is 21.0 Å². The summed E-state index contributed by atoms with van der Waals surface area (Å²) in [6, 6.07) is 16.9. The maximum Gasteiger partial charge on any atom is 0.293 e. The Kier molecular flexibility index (Phi) is 6.95. The number of nitro groups is 1. The lowest BCUT2D eigenvalue weighted by atomic mass is 10.1. The lowest BCUT2D eigenvalue weighted by molar-refractivity contribution is -0.385. The zero-order valence-electron chi connectivity index (χ0n) is 17.4. The minimum Gasteiger partial charge on any atom is -0.489 e. The number of rotatable bonds is 7. The number of halogens is 2. The average Bonchev–Trinajstić information content (AvgIpc) is 3.07. The molecule has 7 nitrogen and oxygen atoms in total. The molecular weight excluding hydrogens is 483 g/mol. The summed E-state index contributed by atoms with van der Waals surface area (Å²) in [7, 11) is 0. The van der Waals surface area contributed by atoms with Crippen LogP contribution in [0.5, 0.6) is 5.75 Å². The smallest absolute Gasteiger partial charge is 0.293 e. The van der Waals surface area contributed by atoms with Gasteiger partial charge in [0.1, 0.15) is 18.2 Å². The van der Waals surface area contributed by atoms with Gasteiger partial charge < -0.3 is 4.74 Å². The summed E-state index contributed by atoms with van der Waals surface area (Å²) >= 11 is 6.82. The molecule has 0 radical (unpaired) electrons. The highest BCUT2D eigenvalue weighted by molar-refractivity contribution is 8.18. The van der Waals surface area contributed by atoms with E-state index >= 15 is 0 Å². The molecule has 2 amide bonds. The lowest BCUT2D eigenvalue weighted by Crippen LogP contribution is -2.27. The Morgan fingerprint density at radius 1 is 1.06 bits per heavy atom. The number of benzene rings is 3. The third-order valence-electron chi connectivity index (χ3n) is 4.96. The van der Waals surface area contributed by atoms with Crippen LogP contribution in [0.2, 0.25) is 5.02 Å². The van der Waals surface area contributed by atoms with Crippen molar-refractivity contribution in [3.8, 4) is 5.75 Å². The summed E-state index contributed by atoms with van der Waals surface area (Å²) in [5.74, 6) is -0.544. The predicted octanol–water partition coefficient (Wildman–Crippen LogP) is 6.20. The van der Waals surface area contributed by atoms with Gasteiger partial charge in [-0.05, 0) is 59.3 Å². The van der Waals surface area contributed by atoms with E-state index < -0.39 is 21.9 Å². The third kappa shape index (κ3) is 5.27. The molecule has 172 valence electrons. The molecule has 1 aliphatic heterocycles. The monoisotopic (exact) mass is 498 g/mol. The van der Waals surface area contributed by atoms with Gasteiger partial charge in [0, 0.05) is 11.1 Å². The van der Waals surface area contributed by atoms with Crippen LogP contribution < -0.4 is 4.74 Å². The highest BCUT2D eigenvalue weighted by Crippen LogP contribution is 2.34. The Morgan fingerprint density at radius 3 is 2.62 bits per heavy atom. The minimum absolute atomic E-state index is 0.00441. The first-order valence-corrected chi connectivity index (χ1v) is 11.2. The van der Waals surface area contributed by atoms with Gasteiger partial charge in [-0.15, -0.1) is 0 Å². The number of hydrogen-bond acceptors (Lipinski definition) is 6. The summed E-state index contributed by atoms with van der Waals surface area (Å²) < 4.78 is 19.0. The molecule has 0 aliphatic carbocycles. The minimum atomic E-state index is -0.508. The van der Waals surface area contributed by atoms with Gasteiger partial charge in [0.2, 0.25) is 0 Å². The van der Waals surface area contributed by atoms with Crippen molar-refractivity contribution in [1.29, 1.82) is 0 Å². The van der Waals surface area contributed by atoms with Crippen LogP contribution in [0, 0.1) is 15.9 Å². The van der Waals surface area contributed by atoms with Gasteiger partial charge in [0.05, 0.1) is 21.9 Å². The number of carbonyl (C=O) groups is 2. The highest BCUT2D eigenvalue weighted by atomic mass is 35.5. The quantitative estimate of drug-likeness (QED) is 0.219. The first kappa shape index (κ1) is 23.5. The Bertz CT molecular complexity index is 1330. The molecule has 1 heterocycles. The fourth-order valence-corrected chi connectivity index (χ4v) is 4.34. The Balaban J connectivity index is 1.48. The molecule has 0 aromatic heterocycles. The number of carbonyl (C=O) groups excluding carboxylic acids is 2. The lowest BCUT2D eigenvalue weighted by Gasteiger charge is -2.13. The van der Waals surface area contributed by atoms with Crippen molar-refractivity contribution in [2.75, 3.05) is 0 Å². The second-order valence-electron chi connectivity index (χ2n) is 7.25. The van der Waals surface area contributed by atoms with E-state index in [9.17, 15) is 24.1 Å². The van der Waals surface area contributed by atoms with Gasteiger partial charge in [-0.3, -0.25) is 24.6 Å². The second-order valence-corrected chi connectivity index (χ2v) is 8.65. The average molecular weight is 499 g/mol. The van der Waals surface area contributed by atoms with E-state index in [0.29, 0.717) is 22.4 Å². The molecule has 4 rings (SSSR count). The first-order valence-electron chi connectivity index (χ1n) is 9.96. The van der Waals surface area contributed by atoms with Crippen LogP contribution in [-0.2, 0) is 17.9 Å². The van der Waals surface area contributed by atoms with Crippen molar-refractivity contribution in [2.24, 2.45) is 0 Å². The van der Waals surface area contributed by atoms with Crippen LogP contribution in [0.1, 0.15) is 16.7 Å². The van der Waals surface area contributed by atoms with Gasteiger partial charge in [-0.2, -0.15) is 0 Å². The number of hydrogen-bond donors (Lipinski definition) is 0. The molecule has 0 N–H and O–H groups in total. The molecule has 0 unspecified atom stereocenters. The Labute approximate surface area is 202 Å². The molecule has 0 saturated carbocycles. The maximum atomic E-state index is 13.3. The van der Waals surface area contributed by atoms with E-state index in [0.717, 1.165) is 22.7 Å². The standard InChI is InChI=1S/C24H16ClFN2O5S/c25-20-12-18(26)9-8-16(20)13-27-23(29)22(34-24(27)30)11-15-4-3-6-19(10-15)33-14-17-5-1-2-7-21(17)28(31)32/h1-12H,13-14H2/b22-11-. The molecule has 1 fully saturated rings. The maximum absolute atomic E-state index is 13.3. The number of nitrogens with zero attached hydrogens (tertiary/aromatic N) is 2. The molecule has 10 heteroatoms. The van der Waals surface area contributed by atoms with Gasteiger partial charge in [0.15, 0.2) is 0 Å². The van der Waals surface area contributed by atoms with E-state index in [1.807, 2.05) is 0 Å². The number of thioether (sulfide) groups is 1. The van der Waals surface area contributed by atoms with Gasteiger partial charge in [-0.1, -0.05) is 41.9 Å². The van der Waals surface area contributed by atoms with Gasteiger partial charge >= 0.3 is 0 Å². The third-order valence-corrected chi connectivity index (χ3v) is 6.21. The molecular formula is C24H16ClFN2O5S. The summed E-state index contributed by atoms with van der Waals surface area (Å²) in [6.07, 6.45) is 1.56. The van der Waals surface area contributed by atoms with Crippen LogP contribution in [0.25, 0.3) is 6.08 Å². The van der Waals surface area contributed by atoms with Gasteiger partial charge in [0.25, 0.3) is 16.8 Å². The zero-order chi connectivity index (χ0) is 24.2. The molecule has 0 bridgehead atoms. The van der Waals surface area contributed by atoms with Crippen LogP contribution in [0.4, 0.5) is 14.9 Å². The SMILES string of the molecule is O=C1S/C(=C\c2cccc(OCc3ccccc3[N+](=O)[O-])c2)C(=O)N1Cc1ccc(F)cc1Cl. The molecule has 34 heavy (non-hydrogen) atoms. The Hall–Kier alpha value is -3.69. The molecule has 3 aromatic rings. The van der Waals surface area contributed by atoms with Crippen molar-refractivity contribution in [1.82, 2.24) is 4.90 Å². The molecule has 0 spiro atoms. The van der Waals surface area contributed by atoms with Crippen molar-refractivity contribution in [3.63, 3.8) is 0 Å². The number of para-hydroxylation sites is 1. The Morgan fingerprint density at radius 2 is 1.85 bits per heavy atom. The highest BCUT2D eigenvalue weighted by Gasteiger charge is 2.35. The largest absolute Gasteiger partial charge is 0.489 e. The molecule has 1 saturated heterocycles. The van der Waals surface area contributed by atoms with Crippen molar-refractivity contribution >= 4 is 46.3 Å².